The van der Waals surface area contributed by atoms with Crippen LogP contribution in [-0.2, 0) is 5.75 Å². The number of thiazole rings is 1. The van der Waals surface area contributed by atoms with E-state index < -0.39 is 0 Å². The van der Waals surface area contributed by atoms with Crippen molar-refractivity contribution in [3.05, 3.63) is 41.7 Å². The van der Waals surface area contributed by atoms with Gasteiger partial charge in [-0.3, -0.25) is 4.40 Å². The fourth-order valence-electron chi connectivity index (χ4n) is 1.89. The highest BCUT2D eigenvalue weighted by Gasteiger charge is 2.06. The monoisotopic (exact) mass is 305 g/mol. The maximum atomic E-state index is 6.00. The third-order valence-electron chi connectivity index (χ3n) is 2.81. The number of benzene rings is 1. The Kier molecular flexibility index (Phi) is 3.84. The minimum atomic E-state index is 0.658. The summed E-state index contributed by atoms with van der Waals surface area (Å²) in [5.74, 6) is 1.66. The predicted octanol–water partition coefficient (Wildman–Crippen LogP) is 3.67. The average Bonchev–Trinajstić information content (AvgIpc) is 3.00. The van der Waals surface area contributed by atoms with Crippen molar-refractivity contribution in [1.82, 2.24) is 9.38 Å². The van der Waals surface area contributed by atoms with Gasteiger partial charge in [0.1, 0.15) is 5.75 Å². The molecule has 0 spiro atoms. The zero-order chi connectivity index (χ0) is 13.9. The van der Waals surface area contributed by atoms with Gasteiger partial charge in [-0.15, -0.1) is 23.1 Å². The van der Waals surface area contributed by atoms with Crippen LogP contribution in [0.15, 0.2) is 40.9 Å². The van der Waals surface area contributed by atoms with Crippen LogP contribution in [0.1, 0.15) is 12.6 Å². The Morgan fingerprint density at radius 2 is 2.35 bits per heavy atom. The number of thioether (sulfide) groups is 1. The van der Waals surface area contributed by atoms with E-state index in [1.54, 1.807) is 23.1 Å². The predicted molar refractivity (Wildman–Crippen MR) is 84.7 cm³/mol. The molecule has 0 atom stereocenters. The molecule has 2 heterocycles. The summed E-state index contributed by atoms with van der Waals surface area (Å²) in [4.78, 5) is 6.62. The van der Waals surface area contributed by atoms with Gasteiger partial charge in [-0.1, -0.05) is 0 Å². The van der Waals surface area contributed by atoms with Crippen LogP contribution in [-0.4, -0.2) is 16.0 Å². The second-order valence-electron chi connectivity index (χ2n) is 4.25. The summed E-state index contributed by atoms with van der Waals surface area (Å²) in [5.41, 5.74) is 7.84. The van der Waals surface area contributed by atoms with E-state index in [0.29, 0.717) is 6.61 Å². The fraction of sp³-hybridized carbons (Fsp3) is 0.214. The maximum absolute atomic E-state index is 6.00. The summed E-state index contributed by atoms with van der Waals surface area (Å²) in [6, 6.07) is 5.77. The smallest absolute Gasteiger partial charge is 0.193 e. The van der Waals surface area contributed by atoms with Crippen molar-refractivity contribution in [2.24, 2.45) is 0 Å². The Hall–Kier alpha value is -1.66. The average molecular weight is 305 g/mol. The molecule has 0 saturated heterocycles. The van der Waals surface area contributed by atoms with Crippen molar-refractivity contribution in [3.63, 3.8) is 0 Å². The number of anilines is 1. The van der Waals surface area contributed by atoms with E-state index in [4.69, 9.17) is 10.5 Å². The zero-order valence-corrected chi connectivity index (χ0v) is 12.7. The summed E-state index contributed by atoms with van der Waals surface area (Å²) < 4.78 is 7.54. The second kappa shape index (κ2) is 5.76. The number of nitrogens with two attached hydrogens (primary N) is 1. The highest BCUT2D eigenvalue weighted by atomic mass is 32.2. The zero-order valence-electron chi connectivity index (χ0n) is 11.1. The van der Waals surface area contributed by atoms with Crippen molar-refractivity contribution in [1.29, 1.82) is 0 Å². The van der Waals surface area contributed by atoms with Crippen molar-refractivity contribution < 1.29 is 4.74 Å². The third-order valence-corrected chi connectivity index (χ3v) is 4.69. The van der Waals surface area contributed by atoms with Gasteiger partial charge in [0.15, 0.2) is 4.96 Å². The molecule has 0 fully saturated rings. The topological polar surface area (TPSA) is 52.5 Å². The molecule has 0 bridgehead atoms. The molecule has 1 aromatic carbocycles. The molecule has 3 rings (SSSR count). The Morgan fingerprint density at radius 1 is 1.45 bits per heavy atom. The lowest BCUT2D eigenvalue weighted by Crippen LogP contribution is -1.94. The van der Waals surface area contributed by atoms with Crippen LogP contribution < -0.4 is 10.5 Å². The van der Waals surface area contributed by atoms with E-state index >= 15 is 0 Å². The maximum Gasteiger partial charge on any atom is 0.193 e. The lowest BCUT2D eigenvalue weighted by atomic mass is 10.3. The normalized spacial score (nSPS) is 11.1. The molecule has 0 aliphatic rings. The van der Waals surface area contributed by atoms with Gasteiger partial charge in [0.25, 0.3) is 0 Å². The van der Waals surface area contributed by atoms with E-state index in [1.165, 1.54) is 0 Å². The first-order chi connectivity index (χ1) is 9.76. The Morgan fingerprint density at radius 3 is 3.15 bits per heavy atom. The number of rotatable bonds is 5. The Balaban J connectivity index is 1.73. The number of aromatic nitrogens is 2. The minimum Gasteiger partial charge on any atom is -0.494 e. The minimum absolute atomic E-state index is 0.658. The second-order valence-corrected chi connectivity index (χ2v) is 6.14. The third kappa shape index (κ3) is 2.76. The number of ether oxygens (including phenoxy) is 1. The largest absolute Gasteiger partial charge is 0.494 e. The van der Waals surface area contributed by atoms with Crippen molar-refractivity contribution in [2.75, 3.05) is 12.3 Å². The van der Waals surface area contributed by atoms with Crippen LogP contribution in [0.4, 0.5) is 5.69 Å². The summed E-state index contributed by atoms with van der Waals surface area (Å²) in [5, 5.41) is 2.03. The molecule has 6 heteroatoms. The van der Waals surface area contributed by atoms with E-state index in [9.17, 15) is 0 Å². The van der Waals surface area contributed by atoms with E-state index in [-0.39, 0.29) is 0 Å². The molecule has 3 aromatic rings. The Bertz CT molecular complexity index is 692. The summed E-state index contributed by atoms with van der Waals surface area (Å²) in [6.45, 7) is 2.63. The quantitative estimate of drug-likeness (QED) is 0.577. The Labute approximate surface area is 125 Å². The van der Waals surface area contributed by atoms with E-state index in [1.807, 2.05) is 41.1 Å². The molecular weight excluding hydrogens is 290 g/mol. The molecule has 0 saturated carbocycles. The lowest BCUT2D eigenvalue weighted by molar-refractivity contribution is 0.339. The van der Waals surface area contributed by atoms with Crippen LogP contribution >= 0.6 is 23.1 Å². The number of hydrogen-bond donors (Lipinski definition) is 1. The number of nitrogens with zero attached hydrogens (tertiary/aromatic N) is 2. The van der Waals surface area contributed by atoms with Crippen LogP contribution in [0.3, 0.4) is 0 Å². The van der Waals surface area contributed by atoms with E-state index in [0.717, 1.165) is 32.7 Å². The molecule has 0 amide bonds. The van der Waals surface area contributed by atoms with Crippen molar-refractivity contribution in [3.8, 4) is 5.75 Å². The molecule has 0 aliphatic heterocycles. The molecule has 0 unspecified atom stereocenters. The molecule has 2 aromatic heterocycles. The SMILES string of the molecule is CCOc1ccc(N)c(SCc2cn3ccsc3n2)c1. The summed E-state index contributed by atoms with van der Waals surface area (Å²) in [7, 11) is 0. The standard InChI is InChI=1S/C14H15N3OS2/c1-2-18-11-3-4-12(15)13(7-11)20-9-10-8-17-5-6-19-14(17)16-10/h3-8H,2,9,15H2,1H3. The molecule has 2 N–H and O–H groups in total. The highest BCUT2D eigenvalue weighted by molar-refractivity contribution is 7.98. The van der Waals surface area contributed by atoms with Gasteiger partial charge < -0.3 is 10.5 Å². The number of imidazole rings is 1. The first kappa shape index (κ1) is 13.3. The van der Waals surface area contributed by atoms with Gasteiger partial charge in [0.2, 0.25) is 0 Å². The molecule has 0 radical (unpaired) electrons. The molecule has 0 aliphatic carbocycles. The first-order valence-electron chi connectivity index (χ1n) is 6.32. The fourth-order valence-corrected chi connectivity index (χ4v) is 3.49. The summed E-state index contributed by atoms with van der Waals surface area (Å²) >= 11 is 3.32. The van der Waals surface area contributed by atoms with Gasteiger partial charge in [-0.2, -0.15) is 0 Å². The molecule has 4 nitrogen and oxygen atoms in total. The molecular formula is C14H15N3OS2. The van der Waals surface area contributed by atoms with Gasteiger partial charge in [-0.05, 0) is 25.1 Å². The molecule has 104 valence electrons. The lowest BCUT2D eigenvalue weighted by Gasteiger charge is -2.08. The van der Waals surface area contributed by atoms with E-state index in [2.05, 4.69) is 11.2 Å². The summed E-state index contributed by atoms with van der Waals surface area (Å²) in [6.07, 6.45) is 4.08. The van der Waals surface area contributed by atoms with Gasteiger partial charge in [0, 0.05) is 34.1 Å². The van der Waals surface area contributed by atoms with Gasteiger partial charge in [0.05, 0.1) is 12.3 Å². The number of fused-ring (bicyclic) bond motifs is 1. The van der Waals surface area contributed by atoms with Crippen LogP contribution in [0.2, 0.25) is 0 Å². The highest BCUT2D eigenvalue weighted by Crippen LogP contribution is 2.31. The number of hydrogen-bond acceptors (Lipinski definition) is 5. The van der Waals surface area contributed by atoms with Crippen molar-refractivity contribution >= 4 is 33.7 Å². The first-order valence-corrected chi connectivity index (χ1v) is 8.19. The van der Waals surface area contributed by atoms with Crippen LogP contribution in [0.5, 0.6) is 5.75 Å². The number of nitrogen functional groups attached to an aromatic ring is 1. The van der Waals surface area contributed by atoms with Crippen LogP contribution in [0, 0.1) is 0 Å². The van der Waals surface area contributed by atoms with Gasteiger partial charge >= 0.3 is 0 Å². The van der Waals surface area contributed by atoms with Gasteiger partial charge in [-0.25, -0.2) is 4.98 Å². The van der Waals surface area contributed by atoms with Crippen molar-refractivity contribution in [2.45, 2.75) is 17.6 Å². The van der Waals surface area contributed by atoms with Crippen LogP contribution in [0.25, 0.3) is 4.96 Å². The molecule has 20 heavy (non-hydrogen) atoms.